The van der Waals surface area contributed by atoms with E-state index in [0.717, 1.165) is 22.2 Å². The average molecular weight is 370 g/mol. The maximum absolute atomic E-state index is 11.9. The molecule has 1 fully saturated rings. The van der Waals surface area contributed by atoms with Gasteiger partial charge in [-0.25, -0.2) is 0 Å². The van der Waals surface area contributed by atoms with Crippen molar-refractivity contribution in [3.63, 3.8) is 0 Å². The molecule has 2 amide bonds. The quantitative estimate of drug-likeness (QED) is 0.451. The number of benzene rings is 2. The molecular formula is C18H14N2O5S. The maximum atomic E-state index is 11.9. The Morgan fingerprint density at radius 3 is 2.54 bits per heavy atom. The summed E-state index contributed by atoms with van der Waals surface area (Å²) in [5.74, 6) is 0.281. The van der Waals surface area contributed by atoms with Gasteiger partial charge in [0.1, 0.15) is 12.4 Å². The van der Waals surface area contributed by atoms with Crippen LogP contribution in [0.2, 0.25) is 0 Å². The number of hydrogen-bond donors (Lipinski definition) is 0. The normalized spacial score (nSPS) is 15.6. The van der Waals surface area contributed by atoms with Crippen molar-refractivity contribution in [1.29, 1.82) is 0 Å². The summed E-state index contributed by atoms with van der Waals surface area (Å²) in [6.45, 7) is 0.204. The minimum Gasteiger partial charge on any atom is -0.489 e. The van der Waals surface area contributed by atoms with Crippen LogP contribution in [0.25, 0.3) is 6.08 Å². The molecule has 132 valence electrons. The predicted molar refractivity (Wildman–Crippen MR) is 97.6 cm³/mol. The summed E-state index contributed by atoms with van der Waals surface area (Å²) in [4.78, 5) is 35.1. The fourth-order valence-electron chi connectivity index (χ4n) is 2.28. The third kappa shape index (κ3) is 3.92. The fourth-order valence-corrected chi connectivity index (χ4v) is 3.11. The van der Waals surface area contributed by atoms with E-state index < -0.39 is 4.92 Å². The van der Waals surface area contributed by atoms with Crippen molar-refractivity contribution in [2.45, 2.75) is 6.61 Å². The van der Waals surface area contributed by atoms with Crippen molar-refractivity contribution in [1.82, 2.24) is 4.90 Å². The molecule has 1 aliphatic heterocycles. The van der Waals surface area contributed by atoms with Crippen molar-refractivity contribution < 1.29 is 19.2 Å². The minimum absolute atomic E-state index is 0.0197. The smallest absolute Gasteiger partial charge is 0.293 e. The Bertz CT molecular complexity index is 908. The van der Waals surface area contributed by atoms with Gasteiger partial charge in [-0.05, 0) is 41.1 Å². The highest BCUT2D eigenvalue weighted by Crippen LogP contribution is 2.31. The number of nitro groups is 1. The fraction of sp³-hybridized carbons (Fsp3) is 0.111. The van der Waals surface area contributed by atoms with Gasteiger partial charge in [-0.15, -0.1) is 0 Å². The van der Waals surface area contributed by atoms with Crippen LogP contribution in [0.15, 0.2) is 53.4 Å². The molecule has 2 aromatic rings. The van der Waals surface area contributed by atoms with E-state index in [4.69, 9.17) is 4.74 Å². The van der Waals surface area contributed by atoms with Gasteiger partial charge in [-0.2, -0.15) is 0 Å². The molecule has 1 aliphatic rings. The molecule has 26 heavy (non-hydrogen) atoms. The zero-order chi connectivity index (χ0) is 18.7. The van der Waals surface area contributed by atoms with Crippen LogP contribution in [-0.2, 0) is 11.4 Å². The molecule has 0 spiro atoms. The first-order chi connectivity index (χ1) is 12.4. The highest BCUT2D eigenvalue weighted by atomic mass is 32.2. The number of nitro benzene ring substituents is 1. The summed E-state index contributed by atoms with van der Waals surface area (Å²) >= 11 is 0.904. The van der Waals surface area contributed by atoms with Crippen LogP contribution in [0.3, 0.4) is 0 Å². The van der Waals surface area contributed by atoms with Crippen molar-refractivity contribution in [3.8, 4) is 5.75 Å². The van der Waals surface area contributed by atoms with E-state index in [1.54, 1.807) is 42.5 Å². The molecule has 0 atom stereocenters. The Morgan fingerprint density at radius 1 is 1.19 bits per heavy atom. The van der Waals surface area contributed by atoms with Gasteiger partial charge >= 0.3 is 0 Å². The molecule has 0 radical (unpaired) electrons. The minimum atomic E-state index is -0.448. The number of imide groups is 1. The molecule has 0 aromatic heterocycles. The predicted octanol–water partition coefficient (Wildman–Crippen LogP) is 3.84. The van der Waals surface area contributed by atoms with E-state index in [0.29, 0.717) is 16.2 Å². The standard InChI is InChI=1S/C18H14N2O5S/c1-19-17(21)16(26-18(19)22)10-12-5-7-15(8-6-12)25-11-13-3-2-4-14(9-13)20(23)24/h2-10H,11H2,1H3. The van der Waals surface area contributed by atoms with Crippen molar-refractivity contribution in [2.75, 3.05) is 7.05 Å². The molecule has 8 heteroatoms. The highest BCUT2D eigenvalue weighted by molar-refractivity contribution is 8.18. The first-order valence-corrected chi connectivity index (χ1v) is 8.43. The summed E-state index contributed by atoms with van der Waals surface area (Å²) < 4.78 is 5.63. The lowest BCUT2D eigenvalue weighted by atomic mass is 10.2. The van der Waals surface area contributed by atoms with Crippen molar-refractivity contribution >= 4 is 34.7 Å². The lowest BCUT2D eigenvalue weighted by Gasteiger charge is -2.06. The molecule has 0 N–H and O–H groups in total. The Labute approximate surface area is 153 Å². The van der Waals surface area contributed by atoms with E-state index in [1.807, 2.05) is 0 Å². The number of amides is 2. The molecule has 0 unspecified atom stereocenters. The molecule has 3 rings (SSSR count). The number of thioether (sulfide) groups is 1. The monoisotopic (exact) mass is 370 g/mol. The summed E-state index contributed by atoms with van der Waals surface area (Å²) in [6, 6.07) is 13.3. The molecular weight excluding hydrogens is 356 g/mol. The van der Waals surface area contributed by atoms with Gasteiger partial charge in [0.05, 0.1) is 9.83 Å². The highest BCUT2D eigenvalue weighted by Gasteiger charge is 2.31. The molecule has 1 saturated heterocycles. The zero-order valence-electron chi connectivity index (χ0n) is 13.7. The Balaban J connectivity index is 1.65. The van der Waals surface area contributed by atoms with Crippen LogP contribution < -0.4 is 4.74 Å². The van der Waals surface area contributed by atoms with Crippen LogP contribution >= 0.6 is 11.8 Å². The van der Waals surface area contributed by atoms with Crippen LogP contribution in [0.5, 0.6) is 5.75 Å². The van der Waals surface area contributed by atoms with Crippen LogP contribution in [-0.4, -0.2) is 28.0 Å². The van der Waals surface area contributed by atoms with E-state index in [9.17, 15) is 19.7 Å². The Hall–Kier alpha value is -3.13. The second-order valence-electron chi connectivity index (χ2n) is 5.53. The number of likely N-dealkylation sites (N-methyl/N-ethyl adjacent to an activating group) is 1. The van der Waals surface area contributed by atoms with Gasteiger partial charge < -0.3 is 4.74 Å². The Kier molecular flexibility index (Phi) is 5.04. The number of carbonyl (C=O) groups is 2. The van der Waals surface area contributed by atoms with Gasteiger partial charge in [-0.3, -0.25) is 24.6 Å². The van der Waals surface area contributed by atoms with E-state index in [2.05, 4.69) is 0 Å². The summed E-state index contributed by atoms with van der Waals surface area (Å²) in [5.41, 5.74) is 1.48. The molecule has 0 saturated carbocycles. The lowest BCUT2D eigenvalue weighted by Crippen LogP contribution is -2.22. The number of non-ortho nitro benzene ring substituents is 1. The molecule has 0 bridgehead atoms. The topological polar surface area (TPSA) is 89.8 Å². The molecule has 2 aromatic carbocycles. The lowest BCUT2D eigenvalue weighted by molar-refractivity contribution is -0.384. The van der Waals surface area contributed by atoms with E-state index >= 15 is 0 Å². The molecule has 1 heterocycles. The van der Waals surface area contributed by atoms with Crippen LogP contribution in [0, 0.1) is 10.1 Å². The zero-order valence-corrected chi connectivity index (χ0v) is 14.6. The van der Waals surface area contributed by atoms with E-state index in [1.165, 1.54) is 19.2 Å². The number of nitrogens with zero attached hydrogens (tertiary/aromatic N) is 2. The largest absolute Gasteiger partial charge is 0.489 e. The van der Waals surface area contributed by atoms with Crippen LogP contribution in [0.4, 0.5) is 10.5 Å². The third-order valence-corrected chi connectivity index (χ3v) is 4.65. The van der Waals surface area contributed by atoms with Crippen molar-refractivity contribution in [3.05, 3.63) is 74.7 Å². The summed E-state index contributed by atoms with van der Waals surface area (Å²) in [7, 11) is 1.45. The third-order valence-electron chi connectivity index (χ3n) is 3.69. The maximum Gasteiger partial charge on any atom is 0.293 e. The summed E-state index contributed by atoms with van der Waals surface area (Å²) in [5, 5.41) is 10.5. The number of carbonyl (C=O) groups excluding carboxylic acids is 2. The number of ether oxygens (including phenoxy) is 1. The van der Waals surface area contributed by atoms with Gasteiger partial charge in [-0.1, -0.05) is 24.3 Å². The number of hydrogen-bond acceptors (Lipinski definition) is 6. The SMILES string of the molecule is CN1C(=O)SC(=Cc2ccc(OCc3cccc([N+](=O)[O-])c3)cc2)C1=O. The van der Waals surface area contributed by atoms with Gasteiger partial charge in [0.25, 0.3) is 16.8 Å². The first kappa shape index (κ1) is 17.7. The van der Waals surface area contributed by atoms with Gasteiger partial charge in [0.15, 0.2) is 0 Å². The van der Waals surface area contributed by atoms with Gasteiger partial charge in [0, 0.05) is 19.2 Å². The second-order valence-corrected chi connectivity index (χ2v) is 6.52. The summed E-state index contributed by atoms with van der Waals surface area (Å²) in [6.07, 6.45) is 1.65. The van der Waals surface area contributed by atoms with Gasteiger partial charge in [0.2, 0.25) is 0 Å². The van der Waals surface area contributed by atoms with Crippen LogP contribution in [0.1, 0.15) is 11.1 Å². The second kappa shape index (κ2) is 7.40. The average Bonchev–Trinajstić information content (AvgIpc) is 2.88. The van der Waals surface area contributed by atoms with Crippen molar-refractivity contribution in [2.24, 2.45) is 0 Å². The Morgan fingerprint density at radius 2 is 1.92 bits per heavy atom. The van der Waals surface area contributed by atoms with E-state index in [-0.39, 0.29) is 23.4 Å². The molecule has 0 aliphatic carbocycles. The molecule has 7 nitrogen and oxygen atoms in total. The first-order valence-electron chi connectivity index (χ1n) is 7.62. The number of rotatable bonds is 5.